The third-order valence-corrected chi connectivity index (χ3v) is 1.86. The number of aromatic amines is 1. The molecule has 1 aromatic heterocycles. The van der Waals surface area contributed by atoms with Gasteiger partial charge in [0.15, 0.2) is 0 Å². The number of aromatic nitrogens is 3. The molecule has 14 heavy (non-hydrogen) atoms. The van der Waals surface area contributed by atoms with Gasteiger partial charge < -0.3 is 4.74 Å². The van der Waals surface area contributed by atoms with Crippen molar-refractivity contribution in [3.63, 3.8) is 0 Å². The molecule has 0 saturated heterocycles. The Morgan fingerprint density at radius 3 is 3.07 bits per heavy atom. The van der Waals surface area contributed by atoms with Crippen LogP contribution in [0.4, 0.5) is 0 Å². The lowest BCUT2D eigenvalue weighted by Gasteiger charge is -2.03. The number of nitrogens with zero attached hydrogens (tertiary/aromatic N) is 2. The molecule has 0 fully saturated rings. The molecule has 0 spiro atoms. The van der Waals surface area contributed by atoms with Gasteiger partial charge in [0.2, 0.25) is 0 Å². The van der Waals surface area contributed by atoms with E-state index < -0.39 is 0 Å². The highest BCUT2D eigenvalue weighted by Crippen LogP contribution is 2.20. The smallest absolute Gasteiger partial charge is 0.119 e. The lowest BCUT2D eigenvalue weighted by molar-refractivity contribution is 0.340. The molecule has 2 rings (SSSR count). The van der Waals surface area contributed by atoms with Gasteiger partial charge in [-0.05, 0) is 19.1 Å². The van der Waals surface area contributed by atoms with E-state index in [1.165, 1.54) is 0 Å². The molecule has 0 aliphatic carbocycles. The van der Waals surface area contributed by atoms with Crippen LogP contribution in [0.5, 0.6) is 5.75 Å². The fourth-order valence-corrected chi connectivity index (χ4v) is 1.25. The number of rotatable bonds is 3. The SMILES string of the molecule is CCOc1cccc(-c2cn[nH]n2)c1. The molecule has 1 heterocycles. The summed E-state index contributed by atoms with van der Waals surface area (Å²) in [6, 6.07) is 7.78. The average molecular weight is 189 g/mol. The number of nitrogens with one attached hydrogen (secondary N) is 1. The molecule has 2 aromatic rings. The first-order valence-corrected chi connectivity index (χ1v) is 4.49. The summed E-state index contributed by atoms with van der Waals surface area (Å²) in [5, 5.41) is 10.3. The molecule has 0 aliphatic heterocycles. The van der Waals surface area contributed by atoms with E-state index in [-0.39, 0.29) is 0 Å². The van der Waals surface area contributed by atoms with Crippen LogP contribution in [0.3, 0.4) is 0 Å². The van der Waals surface area contributed by atoms with E-state index in [1.54, 1.807) is 6.20 Å². The molecule has 72 valence electrons. The number of hydrogen-bond donors (Lipinski definition) is 1. The maximum Gasteiger partial charge on any atom is 0.119 e. The van der Waals surface area contributed by atoms with Crippen LogP contribution < -0.4 is 4.74 Å². The van der Waals surface area contributed by atoms with Crippen LogP contribution in [0.2, 0.25) is 0 Å². The molecule has 1 aromatic carbocycles. The lowest BCUT2D eigenvalue weighted by Crippen LogP contribution is -1.91. The first kappa shape index (κ1) is 8.74. The topological polar surface area (TPSA) is 50.8 Å². The molecular weight excluding hydrogens is 178 g/mol. The van der Waals surface area contributed by atoms with E-state index in [0.29, 0.717) is 6.61 Å². The highest BCUT2D eigenvalue weighted by Gasteiger charge is 2.01. The van der Waals surface area contributed by atoms with E-state index in [2.05, 4.69) is 15.4 Å². The Bertz CT molecular complexity index is 398. The first-order chi connectivity index (χ1) is 6.90. The van der Waals surface area contributed by atoms with E-state index in [0.717, 1.165) is 17.0 Å². The molecule has 0 bridgehead atoms. The van der Waals surface area contributed by atoms with Crippen molar-refractivity contribution in [3.05, 3.63) is 30.5 Å². The third-order valence-electron chi connectivity index (χ3n) is 1.86. The van der Waals surface area contributed by atoms with Crippen LogP contribution in [-0.4, -0.2) is 22.0 Å². The summed E-state index contributed by atoms with van der Waals surface area (Å²) >= 11 is 0. The van der Waals surface area contributed by atoms with Crippen LogP contribution in [0.15, 0.2) is 30.5 Å². The van der Waals surface area contributed by atoms with Crippen LogP contribution in [-0.2, 0) is 0 Å². The van der Waals surface area contributed by atoms with Crippen LogP contribution >= 0.6 is 0 Å². The molecular formula is C10H11N3O. The second-order valence-corrected chi connectivity index (χ2v) is 2.82. The Hall–Kier alpha value is -1.84. The van der Waals surface area contributed by atoms with Gasteiger partial charge in [0.05, 0.1) is 12.8 Å². The summed E-state index contributed by atoms with van der Waals surface area (Å²) in [5.74, 6) is 0.855. The van der Waals surface area contributed by atoms with Crippen molar-refractivity contribution in [3.8, 4) is 17.0 Å². The molecule has 0 saturated carbocycles. The largest absolute Gasteiger partial charge is 0.494 e. The minimum atomic E-state index is 0.669. The zero-order valence-electron chi connectivity index (χ0n) is 7.90. The van der Waals surface area contributed by atoms with Crippen molar-refractivity contribution in [1.29, 1.82) is 0 Å². The summed E-state index contributed by atoms with van der Waals surface area (Å²) in [4.78, 5) is 0. The van der Waals surface area contributed by atoms with Crippen molar-refractivity contribution < 1.29 is 4.74 Å². The lowest BCUT2D eigenvalue weighted by atomic mass is 10.1. The zero-order chi connectivity index (χ0) is 9.80. The van der Waals surface area contributed by atoms with Crippen LogP contribution in [0.1, 0.15) is 6.92 Å². The molecule has 0 atom stereocenters. The van der Waals surface area contributed by atoms with E-state index in [1.807, 2.05) is 31.2 Å². The monoisotopic (exact) mass is 189 g/mol. The van der Waals surface area contributed by atoms with Gasteiger partial charge in [-0.1, -0.05) is 12.1 Å². The summed E-state index contributed by atoms with van der Waals surface area (Å²) in [6.07, 6.45) is 1.69. The van der Waals surface area contributed by atoms with E-state index >= 15 is 0 Å². The van der Waals surface area contributed by atoms with Crippen molar-refractivity contribution in [2.75, 3.05) is 6.61 Å². The quantitative estimate of drug-likeness (QED) is 0.801. The number of hydrogen-bond acceptors (Lipinski definition) is 3. The Balaban J connectivity index is 2.31. The Morgan fingerprint density at radius 1 is 1.43 bits per heavy atom. The third kappa shape index (κ3) is 1.74. The van der Waals surface area contributed by atoms with Gasteiger partial charge in [0, 0.05) is 5.56 Å². The molecule has 1 N–H and O–H groups in total. The maximum absolute atomic E-state index is 5.39. The van der Waals surface area contributed by atoms with Gasteiger partial charge in [-0.3, -0.25) is 0 Å². The highest BCUT2D eigenvalue weighted by molar-refractivity contribution is 5.59. The van der Waals surface area contributed by atoms with Gasteiger partial charge in [-0.25, -0.2) is 0 Å². The minimum absolute atomic E-state index is 0.669. The minimum Gasteiger partial charge on any atom is -0.494 e. The summed E-state index contributed by atoms with van der Waals surface area (Å²) in [7, 11) is 0. The molecule has 0 amide bonds. The highest BCUT2D eigenvalue weighted by atomic mass is 16.5. The Labute approximate surface area is 81.9 Å². The Morgan fingerprint density at radius 2 is 2.36 bits per heavy atom. The summed E-state index contributed by atoms with van der Waals surface area (Å²) in [5.41, 5.74) is 1.83. The summed E-state index contributed by atoms with van der Waals surface area (Å²) in [6.45, 7) is 2.63. The van der Waals surface area contributed by atoms with Gasteiger partial charge in [0.1, 0.15) is 11.4 Å². The van der Waals surface area contributed by atoms with Crippen LogP contribution in [0.25, 0.3) is 11.3 Å². The van der Waals surface area contributed by atoms with E-state index in [9.17, 15) is 0 Å². The zero-order valence-corrected chi connectivity index (χ0v) is 7.90. The second kappa shape index (κ2) is 3.91. The molecule has 0 aliphatic rings. The van der Waals surface area contributed by atoms with Crippen molar-refractivity contribution in [1.82, 2.24) is 15.4 Å². The molecule has 4 heteroatoms. The number of ether oxygens (including phenoxy) is 1. The molecule has 0 unspecified atom stereocenters. The predicted octanol–water partition coefficient (Wildman–Crippen LogP) is 1.87. The standard InChI is InChI=1S/C10H11N3O/c1-2-14-9-5-3-4-8(6-9)10-7-11-13-12-10/h3-7H,2H2,1H3,(H,11,12,13). The Kier molecular flexibility index (Phi) is 2.44. The second-order valence-electron chi connectivity index (χ2n) is 2.82. The van der Waals surface area contributed by atoms with Crippen molar-refractivity contribution >= 4 is 0 Å². The van der Waals surface area contributed by atoms with E-state index in [4.69, 9.17) is 4.74 Å². The number of benzene rings is 1. The molecule has 4 nitrogen and oxygen atoms in total. The van der Waals surface area contributed by atoms with Crippen molar-refractivity contribution in [2.45, 2.75) is 6.92 Å². The fraction of sp³-hybridized carbons (Fsp3) is 0.200. The molecule has 0 radical (unpaired) electrons. The normalized spacial score (nSPS) is 10.1. The number of H-pyrrole nitrogens is 1. The van der Waals surface area contributed by atoms with Crippen LogP contribution in [0, 0.1) is 0 Å². The maximum atomic E-state index is 5.39. The summed E-state index contributed by atoms with van der Waals surface area (Å²) < 4.78 is 5.39. The van der Waals surface area contributed by atoms with Gasteiger partial charge in [-0.15, -0.1) is 0 Å². The van der Waals surface area contributed by atoms with Gasteiger partial charge >= 0.3 is 0 Å². The average Bonchev–Trinajstić information content (AvgIpc) is 2.71. The first-order valence-electron chi connectivity index (χ1n) is 4.49. The van der Waals surface area contributed by atoms with Crippen molar-refractivity contribution in [2.24, 2.45) is 0 Å². The fourth-order valence-electron chi connectivity index (χ4n) is 1.25. The van der Waals surface area contributed by atoms with Gasteiger partial charge in [-0.2, -0.15) is 15.4 Å². The predicted molar refractivity (Wildman–Crippen MR) is 53.0 cm³/mol. The van der Waals surface area contributed by atoms with Gasteiger partial charge in [0.25, 0.3) is 0 Å².